The van der Waals surface area contributed by atoms with Crippen molar-refractivity contribution < 1.29 is 9.53 Å². The third-order valence-electron chi connectivity index (χ3n) is 4.59. The van der Waals surface area contributed by atoms with E-state index in [1.54, 1.807) is 7.11 Å². The number of rotatable bonds is 5. The lowest BCUT2D eigenvalue weighted by molar-refractivity contribution is -0.126. The summed E-state index contributed by atoms with van der Waals surface area (Å²) in [7, 11) is 1.66. The van der Waals surface area contributed by atoms with Gasteiger partial charge >= 0.3 is 0 Å². The second kappa shape index (κ2) is 6.36. The Hall–Kier alpha value is -2.07. The third kappa shape index (κ3) is 2.79. The molecule has 22 heavy (non-hydrogen) atoms. The normalized spacial score (nSPS) is 16.1. The number of carbonyl (C=O) groups excluding carboxylic acids is 1. The highest BCUT2D eigenvalue weighted by molar-refractivity contribution is 5.88. The number of hydrogen-bond acceptors (Lipinski definition) is 3. The van der Waals surface area contributed by atoms with Crippen LogP contribution in [0.3, 0.4) is 0 Å². The Kier molecular flexibility index (Phi) is 4.29. The van der Waals surface area contributed by atoms with Crippen molar-refractivity contribution in [2.75, 3.05) is 20.2 Å². The van der Waals surface area contributed by atoms with Crippen molar-refractivity contribution in [3.05, 3.63) is 42.0 Å². The van der Waals surface area contributed by atoms with Crippen LogP contribution in [0.4, 0.5) is 0 Å². The molecule has 116 valence electrons. The smallest absolute Gasteiger partial charge is 0.223 e. The Balaban J connectivity index is 1.79. The second-order valence-electron chi connectivity index (χ2n) is 5.89. The summed E-state index contributed by atoms with van der Waals surface area (Å²) in [5.74, 6) is 1.43. The van der Waals surface area contributed by atoms with Gasteiger partial charge in [-0.1, -0.05) is 37.3 Å². The molecule has 1 amide bonds. The van der Waals surface area contributed by atoms with Gasteiger partial charge in [0, 0.05) is 18.0 Å². The maximum atomic E-state index is 12.3. The van der Waals surface area contributed by atoms with Crippen LogP contribution >= 0.6 is 0 Å². The zero-order valence-corrected chi connectivity index (χ0v) is 13.1. The predicted molar refractivity (Wildman–Crippen MR) is 87.9 cm³/mol. The molecule has 0 radical (unpaired) electrons. The van der Waals surface area contributed by atoms with E-state index in [1.165, 1.54) is 0 Å². The fraction of sp³-hybridized carbons (Fsp3) is 0.389. The number of hydrogen-bond donors (Lipinski definition) is 2. The van der Waals surface area contributed by atoms with Crippen LogP contribution in [0.5, 0.6) is 5.75 Å². The standard InChI is InChI=1S/C18H22N2O2/c1-12(14-9-19-10-14)18(21)20-11-16-15-6-4-3-5-13(15)7-8-17(16)22-2/h3-8,12,14,19H,9-11H2,1-2H3,(H,20,21). The summed E-state index contributed by atoms with van der Waals surface area (Å²) < 4.78 is 5.46. The number of amides is 1. The van der Waals surface area contributed by atoms with Crippen molar-refractivity contribution in [1.29, 1.82) is 0 Å². The van der Waals surface area contributed by atoms with Gasteiger partial charge in [-0.25, -0.2) is 0 Å². The molecule has 0 spiro atoms. The highest BCUT2D eigenvalue weighted by Gasteiger charge is 2.28. The van der Waals surface area contributed by atoms with Gasteiger partial charge < -0.3 is 15.4 Å². The lowest BCUT2D eigenvalue weighted by Gasteiger charge is -2.31. The van der Waals surface area contributed by atoms with Crippen LogP contribution in [0.2, 0.25) is 0 Å². The summed E-state index contributed by atoms with van der Waals surface area (Å²) in [6.07, 6.45) is 0. The highest BCUT2D eigenvalue weighted by Crippen LogP contribution is 2.28. The van der Waals surface area contributed by atoms with E-state index in [9.17, 15) is 4.79 Å². The number of methoxy groups -OCH3 is 1. The van der Waals surface area contributed by atoms with Crippen LogP contribution in [0.25, 0.3) is 10.8 Å². The van der Waals surface area contributed by atoms with Crippen molar-refractivity contribution in [2.24, 2.45) is 11.8 Å². The fourth-order valence-corrected chi connectivity index (χ4v) is 2.90. The maximum Gasteiger partial charge on any atom is 0.223 e. The molecule has 2 aromatic rings. The van der Waals surface area contributed by atoms with E-state index in [1.807, 2.05) is 31.2 Å². The van der Waals surface area contributed by atoms with Crippen molar-refractivity contribution in [1.82, 2.24) is 10.6 Å². The first-order valence-electron chi connectivity index (χ1n) is 7.73. The summed E-state index contributed by atoms with van der Waals surface area (Å²) in [5.41, 5.74) is 1.04. The monoisotopic (exact) mass is 298 g/mol. The van der Waals surface area contributed by atoms with Gasteiger partial charge in [0.05, 0.1) is 7.11 Å². The minimum absolute atomic E-state index is 0.0437. The lowest BCUT2D eigenvalue weighted by Crippen LogP contribution is -2.49. The molecule has 1 saturated heterocycles. The first-order chi connectivity index (χ1) is 10.7. The molecule has 1 fully saturated rings. The molecule has 0 aromatic heterocycles. The van der Waals surface area contributed by atoms with Crippen molar-refractivity contribution in [3.8, 4) is 5.75 Å². The molecule has 1 aliphatic rings. The Morgan fingerprint density at radius 2 is 2.09 bits per heavy atom. The molecule has 1 unspecified atom stereocenters. The van der Waals surface area contributed by atoms with Gasteiger partial charge in [0.2, 0.25) is 5.91 Å². The molecule has 1 atom stereocenters. The Morgan fingerprint density at radius 3 is 2.77 bits per heavy atom. The van der Waals surface area contributed by atoms with Crippen molar-refractivity contribution in [2.45, 2.75) is 13.5 Å². The fourth-order valence-electron chi connectivity index (χ4n) is 2.90. The van der Waals surface area contributed by atoms with E-state index in [2.05, 4.69) is 22.8 Å². The van der Waals surface area contributed by atoms with Gasteiger partial charge in [-0.15, -0.1) is 0 Å². The molecule has 4 heteroatoms. The molecule has 4 nitrogen and oxygen atoms in total. The summed E-state index contributed by atoms with van der Waals surface area (Å²) in [4.78, 5) is 12.3. The van der Waals surface area contributed by atoms with E-state index < -0.39 is 0 Å². The van der Waals surface area contributed by atoms with Crippen LogP contribution in [-0.4, -0.2) is 26.1 Å². The summed E-state index contributed by atoms with van der Waals surface area (Å²) in [6.45, 7) is 4.37. The van der Waals surface area contributed by atoms with E-state index >= 15 is 0 Å². The molecule has 1 aliphatic heterocycles. The Morgan fingerprint density at radius 1 is 1.32 bits per heavy atom. The van der Waals surface area contributed by atoms with E-state index in [-0.39, 0.29) is 11.8 Å². The van der Waals surface area contributed by atoms with E-state index in [0.717, 1.165) is 35.2 Å². The molecule has 1 heterocycles. The molecular formula is C18H22N2O2. The largest absolute Gasteiger partial charge is 0.496 e. The zero-order valence-electron chi connectivity index (χ0n) is 13.1. The van der Waals surface area contributed by atoms with Gasteiger partial charge in [-0.05, 0) is 35.8 Å². The third-order valence-corrected chi connectivity index (χ3v) is 4.59. The minimum atomic E-state index is 0.0437. The van der Waals surface area contributed by atoms with Gasteiger partial charge in [0.15, 0.2) is 0 Å². The average molecular weight is 298 g/mol. The molecule has 0 bridgehead atoms. The number of benzene rings is 2. The van der Waals surface area contributed by atoms with Crippen LogP contribution < -0.4 is 15.4 Å². The van der Waals surface area contributed by atoms with Gasteiger partial charge in [-0.2, -0.15) is 0 Å². The molecule has 0 saturated carbocycles. The predicted octanol–water partition coefficient (Wildman–Crippen LogP) is 2.32. The number of nitrogens with one attached hydrogen (secondary N) is 2. The van der Waals surface area contributed by atoms with Crippen LogP contribution in [-0.2, 0) is 11.3 Å². The van der Waals surface area contributed by atoms with E-state index in [0.29, 0.717) is 12.5 Å². The number of fused-ring (bicyclic) bond motifs is 1. The summed E-state index contributed by atoms with van der Waals surface area (Å²) in [5, 5.41) is 8.56. The second-order valence-corrected chi connectivity index (χ2v) is 5.89. The zero-order chi connectivity index (χ0) is 15.5. The Bertz CT molecular complexity index is 680. The van der Waals surface area contributed by atoms with Gasteiger partial charge in [0.1, 0.15) is 5.75 Å². The topological polar surface area (TPSA) is 50.4 Å². The van der Waals surface area contributed by atoms with Gasteiger partial charge in [0.25, 0.3) is 0 Å². The van der Waals surface area contributed by atoms with Crippen molar-refractivity contribution in [3.63, 3.8) is 0 Å². The SMILES string of the molecule is COc1ccc2ccccc2c1CNC(=O)C(C)C1CNC1. The van der Waals surface area contributed by atoms with E-state index in [4.69, 9.17) is 4.74 Å². The maximum absolute atomic E-state index is 12.3. The number of carbonyl (C=O) groups is 1. The average Bonchev–Trinajstić information content (AvgIpc) is 2.50. The Labute approximate surface area is 130 Å². The summed E-state index contributed by atoms with van der Waals surface area (Å²) >= 11 is 0. The van der Waals surface area contributed by atoms with Crippen LogP contribution in [0.15, 0.2) is 36.4 Å². The quantitative estimate of drug-likeness (QED) is 0.890. The highest BCUT2D eigenvalue weighted by atomic mass is 16.5. The van der Waals surface area contributed by atoms with Gasteiger partial charge in [-0.3, -0.25) is 4.79 Å². The van der Waals surface area contributed by atoms with Crippen LogP contribution in [0.1, 0.15) is 12.5 Å². The molecular weight excluding hydrogens is 276 g/mol. The lowest BCUT2D eigenvalue weighted by atomic mass is 9.88. The molecule has 2 N–H and O–H groups in total. The molecule has 3 rings (SSSR count). The minimum Gasteiger partial charge on any atom is -0.496 e. The molecule has 0 aliphatic carbocycles. The van der Waals surface area contributed by atoms with Crippen LogP contribution in [0, 0.1) is 11.8 Å². The molecule has 2 aromatic carbocycles. The number of ether oxygens (including phenoxy) is 1. The summed E-state index contributed by atoms with van der Waals surface area (Å²) in [6, 6.07) is 12.2. The first-order valence-corrected chi connectivity index (χ1v) is 7.73. The first kappa shape index (κ1) is 14.9. The van der Waals surface area contributed by atoms with Crippen molar-refractivity contribution >= 4 is 16.7 Å².